The van der Waals surface area contributed by atoms with Gasteiger partial charge in [0, 0.05) is 19.1 Å². The van der Waals surface area contributed by atoms with Crippen LogP contribution in [0.5, 0.6) is 0 Å². The van der Waals surface area contributed by atoms with Gasteiger partial charge < -0.3 is 5.11 Å². The Hall–Kier alpha value is -0.0800. The molecule has 78 valence electrons. The van der Waals surface area contributed by atoms with E-state index in [1.54, 1.807) is 0 Å². The lowest BCUT2D eigenvalue weighted by Crippen LogP contribution is -2.42. The SMILES string of the molecule is CCC(N1CC[C@H](O)C1)C(C)(C)C. The Morgan fingerprint density at radius 2 is 2.08 bits per heavy atom. The quantitative estimate of drug-likeness (QED) is 0.710. The van der Waals surface area contributed by atoms with Crippen molar-refractivity contribution in [2.24, 2.45) is 5.41 Å². The fourth-order valence-corrected chi connectivity index (χ4v) is 2.47. The van der Waals surface area contributed by atoms with E-state index in [-0.39, 0.29) is 6.10 Å². The van der Waals surface area contributed by atoms with Crippen LogP contribution in [-0.2, 0) is 0 Å². The summed E-state index contributed by atoms with van der Waals surface area (Å²) < 4.78 is 0. The van der Waals surface area contributed by atoms with Gasteiger partial charge in [0.15, 0.2) is 0 Å². The summed E-state index contributed by atoms with van der Waals surface area (Å²) in [4.78, 5) is 2.44. The van der Waals surface area contributed by atoms with Crippen molar-refractivity contribution in [1.29, 1.82) is 0 Å². The van der Waals surface area contributed by atoms with E-state index in [4.69, 9.17) is 0 Å². The van der Waals surface area contributed by atoms with Gasteiger partial charge in [0.2, 0.25) is 0 Å². The van der Waals surface area contributed by atoms with Crippen molar-refractivity contribution in [1.82, 2.24) is 4.90 Å². The third kappa shape index (κ3) is 2.68. The van der Waals surface area contributed by atoms with Crippen LogP contribution in [0.1, 0.15) is 40.5 Å². The lowest BCUT2D eigenvalue weighted by Gasteiger charge is -2.37. The Kier molecular flexibility index (Phi) is 3.36. The van der Waals surface area contributed by atoms with Crippen LogP contribution in [0, 0.1) is 5.41 Å². The Morgan fingerprint density at radius 3 is 2.38 bits per heavy atom. The highest BCUT2D eigenvalue weighted by Gasteiger charge is 2.32. The molecule has 1 fully saturated rings. The molecule has 1 N–H and O–H groups in total. The minimum atomic E-state index is -0.0867. The zero-order valence-corrected chi connectivity index (χ0v) is 9.38. The predicted molar refractivity (Wildman–Crippen MR) is 55.7 cm³/mol. The minimum absolute atomic E-state index is 0.0867. The number of rotatable bonds is 2. The van der Waals surface area contributed by atoms with Crippen LogP contribution in [-0.4, -0.2) is 35.2 Å². The summed E-state index contributed by atoms with van der Waals surface area (Å²) in [6.07, 6.45) is 2.04. The molecule has 2 atom stereocenters. The van der Waals surface area contributed by atoms with Gasteiger partial charge >= 0.3 is 0 Å². The molecule has 0 bridgehead atoms. The zero-order chi connectivity index (χ0) is 10.1. The molecule has 0 aromatic heterocycles. The Morgan fingerprint density at radius 1 is 1.46 bits per heavy atom. The van der Waals surface area contributed by atoms with E-state index < -0.39 is 0 Å². The summed E-state index contributed by atoms with van der Waals surface area (Å²) in [5.74, 6) is 0. The molecule has 13 heavy (non-hydrogen) atoms. The molecule has 0 saturated carbocycles. The highest BCUT2D eigenvalue weighted by atomic mass is 16.3. The van der Waals surface area contributed by atoms with Gasteiger partial charge in [0.05, 0.1) is 6.10 Å². The number of β-amino-alcohol motifs (C(OH)–C–C–N with tert-alkyl or cyclic N) is 1. The summed E-state index contributed by atoms with van der Waals surface area (Å²) in [7, 11) is 0. The van der Waals surface area contributed by atoms with Crippen LogP contribution < -0.4 is 0 Å². The highest BCUT2D eigenvalue weighted by Crippen LogP contribution is 2.29. The maximum absolute atomic E-state index is 9.47. The Bertz CT molecular complexity index is 162. The maximum atomic E-state index is 9.47. The molecule has 0 spiro atoms. The molecule has 0 aromatic rings. The van der Waals surface area contributed by atoms with E-state index >= 15 is 0 Å². The molecule has 1 heterocycles. The molecule has 1 unspecified atom stereocenters. The third-order valence-electron chi connectivity index (χ3n) is 3.02. The first-order chi connectivity index (χ1) is 5.95. The second-order valence-electron chi connectivity index (χ2n) is 5.23. The third-order valence-corrected chi connectivity index (χ3v) is 3.02. The molecule has 2 heteroatoms. The number of nitrogens with zero attached hydrogens (tertiary/aromatic N) is 1. The van der Waals surface area contributed by atoms with Crippen molar-refractivity contribution in [3.05, 3.63) is 0 Å². The number of hydrogen-bond acceptors (Lipinski definition) is 2. The fourth-order valence-electron chi connectivity index (χ4n) is 2.47. The summed E-state index contributed by atoms with van der Waals surface area (Å²) in [5.41, 5.74) is 0.332. The lowest BCUT2D eigenvalue weighted by atomic mass is 9.84. The van der Waals surface area contributed by atoms with Gasteiger partial charge in [-0.3, -0.25) is 4.90 Å². The van der Waals surface area contributed by atoms with Crippen LogP contribution in [0.2, 0.25) is 0 Å². The minimum Gasteiger partial charge on any atom is -0.392 e. The van der Waals surface area contributed by atoms with Gasteiger partial charge in [-0.15, -0.1) is 0 Å². The highest BCUT2D eigenvalue weighted by molar-refractivity contribution is 4.87. The van der Waals surface area contributed by atoms with Crippen molar-refractivity contribution in [2.45, 2.75) is 52.7 Å². The molecule has 0 radical (unpaired) electrons. The summed E-state index contributed by atoms with van der Waals surface area (Å²) in [6.45, 7) is 11.0. The van der Waals surface area contributed by atoms with Crippen molar-refractivity contribution < 1.29 is 5.11 Å². The average Bonchev–Trinajstić information content (AvgIpc) is 2.34. The van der Waals surface area contributed by atoms with Crippen LogP contribution in [0.25, 0.3) is 0 Å². The lowest BCUT2D eigenvalue weighted by molar-refractivity contribution is 0.0986. The topological polar surface area (TPSA) is 23.5 Å². The number of likely N-dealkylation sites (tertiary alicyclic amines) is 1. The van der Waals surface area contributed by atoms with Crippen molar-refractivity contribution in [3.63, 3.8) is 0 Å². The molecule has 1 aliphatic rings. The first kappa shape index (κ1) is 11.0. The maximum Gasteiger partial charge on any atom is 0.0679 e. The summed E-state index contributed by atoms with van der Waals surface area (Å²) in [5, 5.41) is 9.47. The van der Waals surface area contributed by atoms with Crippen LogP contribution in [0.4, 0.5) is 0 Å². The molecule has 2 nitrogen and oxygen atoms in total. The molecule has 0 aromatic carbocycles. The molecular formula is C11H23NO. The van der Waals surface area contributed by atoms with E-state index in [0.717, 1.165) is 19.5 Å². The normalized spacial score (nSPS) is 27.9. The second-order valence-corrected chi connectivity index (χ2v) is 5.23. The van der Waals surface area contributed by atoms with E-state index in [2.05, 4.69) is 32.6 Å². The number of hydrogen-bond donors (Lipinski definition) is 1. The van der Waals surface area contributed by atoms with Crippen molar-refractivity contribution >= 4 is 0 Å². The van der Waals surface area contributed by atoms with E-state index in [9.17, 15) is 5.11 Å². The zero-order valence-electron chi connectivity index (χ0n) is 9.38. The number of aliphatic hydroxyl groups excluding tert-OH is 1. The van der Waals surface area contributed by atoms with Crippen LogP contribution in [0.3, 0.4) is 0 Å². The van der Waals surface area contributed by atoms with Crippen molar-refractivity contribution in [3.8, 4) is 0 Å². The fraction of sp³-hybridized carbons (Fsp3) is 1.00. The van der Waals surface area contributed by atoms with E-state index in [1.807, 2.05) is 0 Å². The van der Waals surface area contributed by atoms with Gasteiger partial charge in [-0.2, -0.15) is 0 Å². The van der Waals surface area contributed by atoms with Gasteiger partial charge in [0.1, 0.15) is 0 Å². The van der Waals surface area contributed by atoms with Gasteiger partial charge in [0.25, 0.3) is 0 Å². The first-order valence-electron chi connectivity index (χ1n) is 5.37. The average molecular weight is 185 g/mol. The smallest absolute Gasteiger partial charge is 0.0679 e. The molecule has 0 aliphatic carbocycles. The van der Waals surface area contributed by atoms with E-state index in [0.29, 0.717) is 11.5 Å². The van der Waals surface area contributed by atoms with Gasteiger partial charge in [-0.25, -0.2) is 0 Å². The molecule has 1 aliphatic heterocycles. The standard InChI is InChI=1S/C11H23NO/c1-5-10(11(2,3)4)12-7-6-9(13)8-12/h9-10,13H,5-8H2,1-4H3/t9-,10?/m0/s1. The monoisotopic (exact) mass is 185 g/mol. The van der Waals surface area contributed by atoms with Crippen LogP contribution >= 0.6 is 0 Å². The Labute approximate surface area is 81.9 Å². The number of aliphatic hydroxyl groups is 1. The molecule has 0 amide bonds. The molecular weight excluding hydrogens is 162 g/mol. The first-order valence-corrected chi connectivity index (χ1v) is 5.37. The largest absolute Gasteiger partial charge is 0.392 e. The van der Waals surface area contributed by atoms with Gasteiger partial charge in [-0.1, -0.05) is 27.7 Å². The van der Waals surface area contributed by atoms with Gasteiger partial charge in [-0.05, 0) is 18.3 Å². The molecule has 1 saturated heterocycles. The van der Waals surface area contributed by atoms with E-state index in [1.165, 1.54) is 6.42 Å². The second kappa shape index (κ2) is 3.97. The van der Waals surface area contributed by atoms with Crippen molar-refractivity contribution in [2.75, 3.05) is 13.1 Å². The summed E-state index contributed by atoms with van der Waals surface area (Å²) >= 11 is 0. The van der Waals surface area contributed by atoms with Crippen LogP contribution in [0.15, 0.2) is 0 Å². The summed E-state index contributed by atoms with van der Waals surface area (Å²) in [6, 6.07) is 0.615. The Balaban J connectivity index is 2.57. The molecule has 1 rings (SSSR count). The predicted octanol–water partition coefficient (Wildman–Crippen LogP) is 1.88.